The highest BCUT2D eigenvalue weighted by atomic mass is 16.2. The molecule has 0 aliphatic carbocycles. The molecule has 2 aromatic carbocycles. The molecular formula is C21H22N4O. The van der Waals surface area contributed by atoms with Crippen molar-refractivity contribution in [2.75, 3.05) is 12.3 Å². The molecular weight excluding hydrogens is 324 g/mol. The Morgan fingerprint density at radius 2 is 1.96 bits per heavy atom. The molecule has 1 saturated heterocycles. The largest absolute Gasteiger partial charge is 0.384 e. The third-order valence-corrected chi connectivity index (χ3v) is 4.96. The van der Waals surface area contributed by atoms with Crippen LogP contribution in [0.25, 0.3) is 10.8 Å². The molecule has 0 radical (unpaired) electrons. The van der Waals surface area contributed by atoms with E-state index in [0.29, 0.717) is 18.1 Å². The van der Waals surface area contributed by atoms with Gasteiger partial charge in [0.1, 0.15) is 11.6 Å². The van der Waals surface area contributed by atoms with Crippen LogP contribution in [0.4, 0.5) is 5.82 Å². The van der Waals surface area contributed by atoms with Crippen molar-refractivity contribution in [1.29, 1.82) is 0 Å². The maximum atomic E-state index is 13.0. The number of nitrogen functional groups attached to an aromatic ring is 1. The zero-order chi connectivity index (χ0) is 18.1. The Labute approximate surface area is 152 Å². The van der Waals surface area contributed by atoms with Crippen molar-refractivity contribution in [1.82, 2.24) is 14.9 Å². The fourth-order valence-electron chi connectivity index (χ4n) is 3.78. The molecule has 2 heterocycles. The lowest BCUT2D eigenvalue weighted by Gasteiger charge is -2.25. The number of anilines is 1. The minimum absolute atomic E-state index is 0.00745. The highest BCUT2D eigenvalue weighted by Gasteiger charge is 2.31. The van der Waals surface area contributed by atoms with E-state index in [-0.39, 0.29) is 11.9 Å². The third-order valence-electron chi connectivity index (χ3n) is 4.96. The van der Waals surface area contributed by atoms with Crippen molar-refractivity contribution in [3.05, 3.63) is 65.6 Å². The normalized spacial score (nSPS) is 17.0. The number of nitrogens with two attached hydrogens (primary N) is 1. The lowest BCUT2D eigenvalue weighted by Crippen LogP contribution is -2.32. The van der Waals surface area contributed by atoms with E-state index >= 15 is 0 Å². The second-order valence-electron chi connectivity index (χ2n) is 6.87. The molecule has 132 valence electrons. The van der Waals surface area contributed by atoms with Crippen LogP contribution in [0.2, 0.25) is 0 Å². The Bertz CT molecular complexity index is 949. The van der Waals surface area contributed by atoms with Gasteiger partial charge in [0.15, 0.2) is 0 Å². The summed E-state index contributed by atoms with van der Waals surface area (Å²) >= 11 is 0. The van der Waals surface area contributed by atoms with Gasteiger partial charge in [-0.05, 0) is 36.1 Å². The van der Waals surface area contributed by atoms with Crippen LogP contribution in [-0.4, -0.2) is 27.3 Å². The number of nitrogens with zero attached hydrogens (tertiary/aromatic N) is 3. The number of likely N-dealkylation sites (tertiary alicyclic amines) is 1. The molecule has 1 atom stereocenters. The van der Waals surface area contributed by atoms with E-state index in [4.69, 9.17) is 5.73 Å². The molecule has 3 aromatic rings. The highest BCUT2D eigenvalue weighted by Crippen LogP contribution is 2.32. The average molecular weight is 346 g/mol. The molecule has 5 nitrogen and oxygen atoms in total. The molecule has 1 amide bonds. The molecule has 1 fully saturated rings. The van der Waals surface area contributed by atoms with Crippen LogP contribution in [0.1, 0.15) is 36.0 Å². The average Bonchev–Trinajstić information content (AvgIpc) is 3.11. The number of fused-ring (bicyclic) bond motifs is 1. The van der Waals surface area contributed by atoms with E-state index in [9.17, 15) is 4.79 Å². The first-order valence-corrected chi connectivity index (χ1v) is 8.98. The number of carbonyl (C=O) groups excluding carboxylic acids is 1. The van der Waals surface area contributed by atoms with Crippen LogP contribution in [0, 0.1) is 6.92 Å². The fourth-order valence-corrected chi connectivity index (χ4v) is 3.78. The molecule has 0 saturated carbocycles. The maximum absolute atomic E-state index is 13.0. The molecule has 4 rings (SSSR count). The summed E-state index contributed by atoms with van der Waals surface area (Å²) in [6.45, 7) is 2.59. The van der Waals surface area contributed by atoms with E-state index in [2.05, 4.69) is 34.2 Å². The molecule has 0 spiro atoms. The zero-order valence-corrected chi connectivity index (χ0v) is 14.9. The van der Waals surface area contributed by atoms with Crippen molar-refractivity contribution >= 4 is 22.5 Å². The van der Waals surface area contributed by atoms with Crippen LogP contribution in [0.15, 0.2) is 48.5 Å². The lowest BCUT2D eigenvalue weighted by atomic mass is 10.0. The maximum Gasteiger partial charge on any atom is 0.227 e. The van der Waals surface area contributed by atoms with Gasteiger partial charge in [0.2, 0.25) is 5.91 Å². The summed E-state index contributed by atoms with van der Waals surface area (Å²) in [5.41, 5.74) is 7.76. The van der Waals surface area contributed by atoms with E-state index in [1.165, 1.54) is 5.39 Å². The van der Waals surface area contributed by atoms with Gasteiger partial charge in [-0.15, -0.1) is 0 Å². The zero-order valence-electron chi connectivity index (χ0n) is 14.9. The summed E-state index contributed by atoms with van der Waals surface area (Å²) in [6.07, 6.45) is 2.30. The number of hydrogen-bond acceptors (Lipinski definition) is 4. The molecule has 1 aliphatic rings. The van der Waals surface area contributed by atoms with Crippen molar-refractivity contribution < 1.29 is 4.79 Å². The van der Waals surface area contributed by atoms with E-state index < -0.39 is 0 Å². The van der Waals surface area contributed by atoms with Crippen molar-refractivity contribution in [3.63, 3.8) is 0 Å². The molecule has 1 aromatic heterocycles. The van der Waals surface area contributed by atoms with Gasteiger partial charge in [-0.1, -0.05) is 42.5 Å². The van der Waals surface area contributed by atoms with Crippen molar-refractivity contribution in [3.8, 4) is 0 Å². The minimum Gasteiger partial charge on any atom is -0.384 e. The van der Waals surface area contributed by atoms with E-state index in [0.717, 1.165) is 36.0 Å². The summed E-state index contributed by atoms with van der Waals surface area (Å²) in [5, 5.41) is 2.35. The van der Waals surface area contributed by atoms with Gasteiger partial charge in [-0.2, -0.15) is 0 Å². The van der Waals surface area contributed by atoms with Gasteiger partial charge in [-0.25, -0.2) is 9.97 Å². The summed E-state index contributed by atoms with van der Waals surface area (Å²) < 4.78 is 0. The Morgan fingerprint density at radius 3 is 2.77 bits per heavy atom. The third kappa shape index (κ3) is 3.25. The standard InChI is InChI=1S/C21H22N4O/c1-14-23-18(13-20(22)24-14)19-7-4-10-25(19)21(26)12-15-8-9-16-5-2-3-6-17(16)11-15/h2-3,5-6,8-9,11,13,19H,4,7,10,12H2,1H3,(H2,22,23,24). The highest BCUT2D eigenvalue weighted by molar-refractivity contribution is 5.85. The smallest absolute Gasteiger partial charge is 0.227 e. The van der Waals surface area contributed by atoms with Crippen LogP contribution in [-0.2, 0) is 11.2 Å². The van der Waals surface area contributed by atoms with E-state index in [1.54, 1.807) is 6.07 Å². The van der Waals surface area contributed by atoms with E-state index in [1.807, 2.05) is 30.0 Å². The summed E-state index contributed by atoms with van der Waals surface area (Å²) in [6, 6.07) is 16.2. The van der Waals surface area contributed by atoms with Crippen LogP contribution >= 0.6 is 0 Å². The number of benzene rings is 2. The molecule has 1 unspecified atom stereocenters. The number of amides is 1. The molecule has 0 bridgehead atoms. The second-order valence-corrected chi connectivity index (χ2v) is 6.87. The predicted octanol–water partition coefficient (Wildman–Crippen LogP) is 3.43. The predicted molar refractivity (Wildman–Crippen MR) is 103 cm³/mol. The Kier molecular flexibility index (Phi) is 4.29. The van der Waals surface area contributed by atoms with Gasteiger partial charge in [0.05, 0.1) is 18.2 Å². The lowest BCUT2D eigenvalue weighted by molar-refractivity contribution is -0.131. The molecule has 26 heavy (non-hydrogen) atoms. The van der Waals surface area contributed by atoms with Gasteiger partial charge >= 0.3 is 0 Å². The van der Waals surface area contributed by atoms with Crippen molar-refractivity contribution in [2.24, 2.45) is 0 Å². The SMILES string of the molecule is Cc1nc(N)cc(C2CCCN2C(=O)Cc2ccc3ccccc3c2)n1. The van der Waals surface area contributed by atoms with Gasteiger partial charge in [-0.3, -0.25) is 4.79 Å². The molecule has 1 aliphatic heterocycles. The van der Waals surface area contributed by atoms with Crippen molar-refractivity contribution in [2.45, 2.75) is 32.2 Å². The monoisotopic (exact) mass is 346 g/mol. The first kappa shape index (κ1) is 16.5. The first-order valence-electron chi connectivity index (χ1n) is 8.98. The summed E-state index contributed by atoms with van der Waals surface area (Å²) in [4.78, 5) is 23.5. The number of hydrogen-bond donors (Lipinski definition) is 1. The number of aryl methyl sites for hydroxylation is 1. The topological polar surface area (TPSA) is 72.1 Å². The Hall–Kier alpha value is -2.95. The number of rotatable bonds is 3. The second kappa shape index (κ2) is 6.75. The van der Waals surface area contributed by atoms with Crippen LogP contribution in [0.3, 0.4) is 0 Å². The number of carbonyl (C=O) groups is 1. The van der Waals surface area contributed by atoms with Crippen LogP contribution < -0.4 is 5.73 Å². The number of aromatic nitrogens is 2. The Balaban J connectivity index is 1.56. The van der Waals surface area contributed by atoms with Gasteiger partial charge < -0.3 is 10.6 Å². The molecule has 5 heteroatoms. The molecule has 2 N–H and O–H groups in total. The summed E-state index contributed by atoms with van der Waals surface area (Å²) in [5.74, 6) is 1.24. The summed E-state index contributed by atoms with van der Waals surface area (Å²) in [7, 11) is 0. The minimum atomic E-state index is -0.00745. The Morgan fingerprint density at radius 1 is 1.15 bits per heavy atom. The fraction of sp³-hybridized carbons (Fsp3) is 0.286. The first-order chi connectivity index (χ1) is 12.6. The van der Waals surface area contributed by atoms with Crippen LogP contribution in [0.5, 0.6) is 0 Å². The quantitative estimate of drug-likeness (QED) is 0.789. The van der Waals surface area contributed by atoms with Gasteiger partial charge in [0.25, 0.3) is 0 Å². The van der Waals surface area contributed by atoms with Gasteiger partial charge in [0, 0.05) is 12.6 Å².